The summed E-state index contributed by atoms with van der Waals surface area (Å²) in [6.45, 7) is 2.00. The van der Waals surface area contributed by atoms with Crippen molar-refractivity contribution in [2.24, 2.45) is 0 Å². The Kier molecular flexibility index (Phi) is 2.85. The Morgan fingerprint density at radius 3 is 2.71 bits per heavy atom. The molecule has 4 heteroatoms. The fourth-order valence-electron chi connectivity index (χ4n) is 1.10. The molecular weight excluding hydrogens is 280 g/mol. The Labute approximate surface area is 98.5 Å². The van der Waals surface area contributed by atoms with E-state index in [0.717, 1.165) is 19.1 Å². The van der Waals surface area contributed by atoms with Gasteiger partial charge >= 0.3 is 0 Å². The third-order valence-corrected chi connectivity index (χ3v) is 4.83. The van der Waals surface area contributed by atoms with Crippen molar-refractivity contribution in [3.05, 3.63) is 42.7 Å². The lowest BCUT2D eigenvalue weighted by atomic mass is 10.3. The van der Waals surface area contributed by atoms with Crippen LogP contribution in [0, 0.1) is 6.92 Å². The van der Waals surface area contributed by atoms with Gasteiger partial charge in [0.1, 0.15) is 0 Å². The summed E-state index contributed by atoms with van der Waals surface area (Å²) in [7, 11) is 0. The van der Waals surface area contributed by atoms with Crippen molar-refractivity contribution in [2.75, 3.05) is 0 Å². The molecule has 0 aliphatic heterocycles. The molecule has 0 atom stereocenters. The maximum Gasteiger partial charge on any atom is 0.212 e. The Balaban J connectivity index is 2.37. The number of halogens is 1. The molecule has 0 aromatic carbocycles. The van der Waals surface area contributed by atoms with E-state index in [-0.39, 0.29) is 5.78 Å². The van der Waals surface area contributed by atoms with Crippen molar-refractivity contribution in [2.45, 2.75) is 6.92 Å². The molecule has 0 radical (unpaired) electrons. The molecule has 0 unspecified atom stereocenters. The number of hydrogen-bond acceptors (Lipinski definition) is 3. The van der Waals surface area contributed by atoms with E-state index in [9.17, 15) is 4.79 Å². The lowest BCUT2D eigenvalue weighted by Gasteiger charge is -1.90. The van der Waals surface area contributed by atoms with Crippen LogP contribution < -0.4 is 0 Å². The van der Waals surface area contributed by atoms with Gasteiger partial charge in [0.25, 0.3) is 0 Å². The van der Waals surface area contributed by atoms with Crippen LogP contribution in [0.3, 0.4) is 0 Å². The van der Waals surface area contributed by atoms with E-state index in [2.05, 4.69) is 15.9 Å². The molecule has 2 rings (SSSR count). The molecular formula is C10H7BrOS2. The first-order chi connectivity index (χ1) is 6.68. The number of ketones is 1. The summed E-state index contributed by atoms with van der Waals surface area (Å²) in [5, 5.41) is 1.92. The number of hydrogen-bond donors (Lipinski definition) is 0. The monoisotopic (exact) mass is 286 g/mol. The summed E-state index contributed by atoms with van der Waals surface area (Å²) in [5.41, 5.74) is 0. The van der Waals surface area contributed by atoms with Crippen LogP contribution in [0.1, 0.15) is 19.4 Å². The van der Waals surface area contributed by atoms with Gasteiger partial charge in [-0.1, -0.05) is 6.07 Å². The van der Waals surface area contributed by atoms with Crippen LogP contribution in [0.4, 0.5) is 0 Å². The normalized spacial score (nSPS) is 10.4. The highest BCUT2D eigenvalue weighted by atomic mass is 79.9. The minimum atomic E-state index is 0.124. The molecule has 2 aromatic heterocycles. The van der Waals surface area contributed by atoms with Gasteiger partial charge in [0.05, 0.1) is 9.75 Å². The highest BCUT2D eigenvalue weighted by molar-refractivity contribution is 9.10. The summed E-state index contributed by atoms with van der Waals surface area (Å²) in [6.07, 6.45) is 0. The second-order valence-corrected chi connectivity index (χ2v) is 5.88. The van der Waals surface area contributed by atoms with Crippen molar-refractivity contribution in [1.82, 2.24) is 0 Å². The molecule has 0 saturated carbocycles. The summed E-state index contributed by atoms with van der Waals surface area (Å²) in [5.74, 6) is 0.124. The van der Waals surface area contributed by atoms with E-state index >= 15 is 0 Å². The average Bonchev–Trinajstić information content (AvgIpc) is 2.76. The van der Waals surface area contributed by atoms with Crippen LogP contribution in [-0.2, 0) is 0 Å². The van der Waals surface area contributed by atoms with E-state index in [1.807, 2.05) is 30.5 Å². The minimum absolute atomic E-state index is 0.124. The third-order valence-electron chi connectivity index (χ3n) is 1.83. The topological polar surface area (TPSA) is 17.1 Å². The lowest BCUT2D eigenvalue weighted by molar-refractivity contribution is 0.104. The molecule has 2 aromatic rings. The fourth-order valence-corrected chi connectivity index (χ4v) is 3.33. The molecule has 0 aliphatic rings. The van der Waals surface area contributed by atoms with Gasteiger partial charge < -0.3 is 0 Å². The maximum absolute atomic E-state index is 11.9. The van der Waals surface area contributed by atoms with Gasteiger partial charge in [-0.25, -0.2) is 0 Å². The summed E-state index contributed by atoms with van der Waals surface area (Å²) >= 11 is 6.42. The largest absolute Gasteiger partial charge is 0.287 e. The minimum Gasteiger partial charge on any atom is -0.287 e. The molecule has 0 fully saturated rings. The van der Waals surface area contributed by atoms with E-state index in [0.29, 0.717) is 0 Å². The maximum atomic E-state index is 11.9. The van der Waals surface area contributed by atoms with Crippen molar-refractivity contribution in [3.8, 4) is 0 Å². The van der Waals surface area contributed by atoms with Gasteiger partial charge in [0.15, 0.2) is 0 Å². The Morgan fingerprint density at radius 2 is 2.21 bits per heavy atom. The number of rotatable bonds is 2. The van der Waals surface area contributed by atoms with Crippen LogP contribution in [0.15, 0.2) is 28.1 Å². The van der Waals surface area contributed by atoms with Gasteiger partial charge in [-0.2, -0.15) is 0 Å². The first-order valence-corrected chi connectivity index (χ1v) is 6.51. The highest BCUT2D eigenvalue weighted by Crippen LogP contribution is 2.28. The Bertz CT molecular complexity index is 437. The summed E-state index contributed by atoms with van der Waals surface area (Å²) in [4.78, 5) is 14.6. The standard InChI is InChI=1S/C10H7BrOS2/c1-6-7(11)5-9(14-6)10(12)8-3-2-4-13-8/h2-5H,1H3. The average molecular weight is 287 g/mol. The molecule has 0 spiro atoms. The summed E-state index contributed by atoms with van der Waals surface area (Å²) < 4.78 is 1.02. The molecule has 0 amide bonds. The van der Waals surface area contributed by atoms with Gasteiger partial charge in [-0.3, -0.25) is 4.79 Å². The molecule has 0 N–H and O–H groups in total. The Hall–Kier alpha value is -0.450. The quantitative estimate of drug-likeness (QED) is 0.760. The fraction of sp³-hybridized carbons (Fsp3) is 0.100. The molecule has 72 valence electrons. The number of carbonyl (C=O) groups is 1. The van der Waals surface area contributed by atoms with Gasteiger partial charge in [0.2, 0.25) is 5.78 Å². The Morgan fingerprint density at radius 1 is 1.43 bits per heavy atom. The molecule has 14 heavy (non-hydrogen) atoms. The zero-order chi connectivity index (χ0) is 10.1. The smallest absolute Gasteiger partial charge is 0.212 e. The molecule has 1 nitrogen and oxygen atoms in total. The molecule has 0 aliphatic carbocycles. The van der Waals surface area contributed by atoms with E-state index in [1.54, 1.807) is 0 Å². The van der Waals surface area contributed by atoms with E-state index in [1.165, 1.54) is 22.7 Å². The predicted molar refractivity (Wildman–Crippen MR) is 64.5 cm³/mol. The van der Waals surface area contributed by atoms with Crippen LogP contribution in [-0.4, -0.2) is 5.78 Å². The number of carbonyl (C=O) groups excluding carboxylic acids is 1. The summed E-state index contributed by atoms with van der Waals surface area (Å²) in [6, 6.07) is 5.64. The first-order valence-electron chi connectivity index (χ1n) is 4.02. The van der Waals surface area contributed by atoms with Crippen LogP contribution in [0.25, 0.3) is 0 Å². The van der Waals surface area contributed by atoms with E-state index < -0.39 is 0 Å². The highest BCUT2D eigenvalue weighted by Gasteiger charge is 2.13. The van der Waals surface area contributed by atoms with Crippen molar-refractivity contribution < 1.29 is 4.79 Å². The SMILES string of the molecule is Cc1sc(C(=O)c2cccs2)cc1Br. The van der Waals surface area contributed by atoms with Crippen molar-refractivity contribution in [3.63, 3.8) is 0 Å². The van der Waals surface area contributed by atoms with Crippen molar-refractivity contribution >= 4 is 44.4 Å². The zero-order valence-corrected chi connectivity index (χ0v) is 10.6. The molecule has 0 bridgehead atoms. The number of aryl methyl sites for hydroxylation is 1. The third kappa shape index (κ3) is 1.82. The first kappa shape index (κ1) is 10.1. The second kappa shape index (κ2) is 3.96. The van der Waals surface area contributed by atoms with Gasteiger partial charge in [-0.05, 0) is 40.4 Å². The van der Waals surface area contributed by atoms with Crippen LogP contribution in [0.2, 0.25) is 0 Å². The lowest BCUT2D eigenvalue weighted by Crippen LogP contribution is -1.93. The second-order valence-electron chi connectivity index (χ2n) is 2.82. The molecule has 2 heterocycles. The van der Waals surface area contributed by atoms with Crippen LogP contribution in [0.5, 0.6) is 0 Å². The van der Waals surface area contributed by atoms with Crippen LogP contribution >= 0.6 is 38.6 Å². The van der Waals surface area contributed by atoms with Gasteiger partial charge in [0, 0.05) is 9.35 Å². The number of thiophene rings is 2. The zero-order valence-electron chi connectivity index (χ0n) is 7.41. The van der Waals surface area contributed by atoms with Gasteiger partial charge in [-0.15, -0.1) is 22.7 Å². The predicted octanol–water partition coefficient (Wildman–Crippen LogP) is 4.11. The van der Waals surface area contributed by atoms with E-state index in [4.69, 9.17) is 0 Å². The van der Waals surface area contributed by atoms with Crippen molar-refractivity contribution in [1.29, 1.82) is 0 Å². The molecule has 0 saturated heterocycles.